The van der Waals surface area contributed by atoms with Crippen molar-refractivity contribution in [2.75, 3.05) is 28.1 Å². The number of methoxy groups -OCH3 is 3. The second-order valence-corrected chi connectivity index (χ2v) is 8.10. The summed E-state index contributed by atoms with van der Waals surface area (Å²) >= 11 is 0. The molecule has 8 nitrogen and oxygen atoms in total. The van der Waals surface area contributed by atoms with E-state index in [1.807, 2.05) is 25.1 Å². The number of ether oxygens (including phenoxy) is 5. The third-order valence-corrected chi connectivity index (χ3v) is 5.98. The van der Waals surface area contributed by atoms with E-state index in [9.17, 15) is 4.79 Å². The maximum atomic E-state index is 13.3. The third-order valence-electron chi connectivity index (χ3n) is 5.98. The lowest BCUT2D eigenvalue weighted by Crippen LogP contribution is -2.31. The Labute approximate surface area is 197 Å². The number of carbonyl (C=O) groups excluding carboxylic acids is 1. The molecule has 1 aromatic heterocycles. The van der Waals surface area contributed by atoms with Crippen molar-refractivity contribution in [3.05, 3.63) is 70.4 Å². The van der Waals surface area contributed by atoms with Gasteiger partial charge in [-0.1, -0.05) is 0 Å². The molecule has 0 amide bonds. The lowest BCUT2D eigenvalue weighted by atomic mass is 10.00. The Hall–Kier alpha value is -3.91. The molecule has 3 heterocycles. The number of furan rings is 1. The summed E-state index contributed by atoms with van der Waals surface area (Å²) in [6.07, 6.45) is 3.31. The Balaban J connectivity index is 1.47. The minimum atomic E-state index is -0.194. The van der Waals surface area contributed by atoms with Crippen molar-refractivity contribution in [2.45, 2.75) is 20.0 Å². The fraction of sp³-hybridized carbons (Fsp3) is 0.269. The van der Waals surface area contributed by atoms with Gasteiger partial charge in [0.25, 0.3) is 0 Å². The van der Waals surface area contributed by atoms with E-state index in [4.69, 9.17) is 28.1 Å². The number of hydrogen-bond acceptors (Lipinski definition) is 8. The van der Waals surface area contributed by atoms with Gasteiger partial charge in [0, 0.05) is 29.3 Å². The van der Waals surface area contributed by atoms with Crippen molar-refractivity contribution in [3.8, 4) is 28.7 Å². The van der Waals surface area contributed by atoms with Gasteiger partial charge < -0.3 is 28.1 Å². The monoisotopic (exact) mass is 463 g/mol. The summed E-state index contributed by atoms with van der Waals surface area (Å²) in [5.41, 5.74) is 2.90. The highest BCUT2D eigenvalue weighted by molar-refractivity contribution is 6.15. The first-order valence-corrected chi connectivity index (χ1v) is 10.8. The molecule has 0 fully saturated rings. The van der Waals surface area contributed by atoms with Crippen LogP contribution < -0.4 is 23.7 Å². The normalized spacial score (nSPS) is 16.0. The molecule has 2 aliphatic rings. The van der Waals surface area contributed by atoms with Gasteiger partial charge in [-0.05, 0) is 37.3 Å². The Morgan fingerprint density at radius 3 is 2.50 bits per heavy atom. The van der Waals surface area contributed by atoms with Crippen molar-refractivity contribution in [1.29, 1.82) is 0 Å². The van der Waals surface area contributed by atoms with Crippen molar-refractivity contribution < 1.29 is 32.9 Å². The van der Waals surface area contributed by atoms with Crippen molar-refractivity contribution in [2.24, 2.45) is 0 Å². The number of fused-ring (bicyclic) bond motifs is 2. The van der Waals surface area contributed by atoms with Crippen LogP contribution in [0, 0.1) is 6.92 Å². The number of allylic oxidation sites excluding steroid dienone is 1. The molecule has 3 aromatic rings. The molecule has 0 spiro atoms. The SMILES string of the molecule is COc1cc(OC)c(OC)cc1/C=C1\Oc2c(cc3c(c2C)OCN(Cc2ccco2)C3)C1=O. The summed E-state index contributed by atoms with van der Waals surface area (Å²) in [5.74, 6) is 3.74. The van der Waals surface area contributed by atoms with Crippen LogP contribution in [-0.2, 0) is 13.1 Å². The molecule has 176 valence electrons. The highest BCUT2D eigenvalue weighted by Crippen LogP contribution is 2.44. The molecule has 0 bridgehead atoms. The first-order chi connectivity index (χ1) is 16.5. The predicted molar refractivity (Wildman–Crippen MR) is 124 cm³/mol. The number of ketones is 1. The summed E-state index contributed by atoms with van der Waals surface area (Å²) < 4.78 is 33.8. The predicted octanol–water partition coefficient (Wildman–Crippen LogP) is 4.58. The van der Waals surface area contributed by atoms with Gasteiger partial charge in [-0.15, -0.1) is 0 Å². The zero-order valence-corrected chi connectivity index (χ0v) is 19.5. The number of benzene rings is 2. The average molecular weight is 463 g/mol. The van der Waals surface area contributed by atoms with Crippen molar-refractivity contribution in [3.63, 3.8) is 0 Å². The molecule has 0 N–H and O–H groups in total. The Morgan fingerprint density at radius 1 is 1.03 bits per heavy atom. The molecular formula is C26H25NO7. The van der Waals surface area contributed by atoms with Gasteiger partial charge in [-0.3, -0.25) is 9.69 Å². The molecule has 0 radical (unpaired) electrons. The fourth-order valence-corrected chi connectivity index (χ4v) is 4.33. The Kier molecular flexibility index (Phi) is 5.67. The van der Waals surface area contributed by atoms with Gasteiger partial charge in [-0.2, -0.15) is 0 Å². The quantitative estimate of drug-likeness (QED) is 0.492. The molecule has 2 aliphatic heterocycles. The zero-order chi connectivity index (χ0) is 23.8. The van der Waals surface area contributed by atoms with Crippen LogP contribution in [0.4, 0.5) is 0 Å². The molecule has 5 rings (SSSR count). The highest BCUT2D eigenvalue weighted by Gasteiger charge is 2.34. The smallest absolute Gasteiger partial charge is 0.231 e. The standard InChI is InChI=1S/C26H25NO7/c1-15-25-17(12-27(14-33-25)13-18-6-5-7-32-18)8-19-24(28)23(34-26(15)19)10-16-9-21(30-3)22(31-4)11-20(16)29-2/h5-11H,12-14H2,1-4H3/b23-10-. The van der Waals surface area contributed by atoms with Crippen molar-refractivity contribution >= 4 is 11.9 Å². The maximum absolute atomic E-state index is 13.3. The maximum Gasteiger partial charge on any atom is 0.231 e. The molecular weight excluding hydrogens is 438 g/mol. The number of nitrogens with zero attached hydrogens (tertiary/aromatic N) is 1. The first-order valence-electron chi connectivity index (χ1n) is 10.8. The molecule has 2 aromatic carbocycles. The Bertz CT molecular complexity index is 1280. The lowest BCUT2D eigenvalue weighted by molar-refractivity contribution is 0.0813. The summed E-state index contributed by atoms with van der Waals surface area (Å²) in [5, 5.41) is 0. The first kappa shape index (κ1) is 21.9. The molecule has 8 heteroatoms. The molecule has 0 aliphatic carbocycles. The van der Waals surface area contributed by atoms with Gasteiger partial charge in [0.1, 0.15) is 29.7 Å². The van der Waals surface area contributed by atoms with Crippen LogP contribution in [-0.4, -0.2) is 38.7 Å². The Morgan fingerprint density at radius 2 is 1.79 bits per heavy atom. The molecule has 0 saturated carbocycles. The molecule has 0 unspecified atom stereocenters. The van der Waals surface area contributed by atoms with E-state index in [0.717, 1.165) is 22.6 Å². The van der Waals surface area contributed by atoms with Gasteiger partial charge in [0.2, 0.25) is 5.78 Å². The number of hydrogen-bond donors (Lipinski definition) is 0. The van der Waals surface area contributed by atoms with Crippen LogP contribution in [0.3, 0.4) is 0 Å². The van der Waals surface area contributed by atoms with Crippen LogP contribution >= 0.6 is 0 Å². The summed E-state index contributed by atoms with van der Waals surface area (Å²) in [6.45, 7) is 3.59. The average Bonchev–Trinajstić information content (AvgIpc) is 3.47. The second kappa shape index (κ2) is 8.79. The number of rotatable bonds is 6. The van der Waals surface area contributed by atoms with Gasteiger partial charge in [0.15, 0.2) is 17.3 Å². The fourth-order valence-electron chi connectivity index (χ4n) is 4.33. The van der Waals surface area contributed by atoms with Gasteiger partial charge in [-0.25, -0.2) is 0 Å². The van der Waals surface area contributed by atoms with Crippen LogP contribution in [0.2, 0.25) is 0 Å². The second-order valence-electron chi connectivity index (χ2n) is 8.10. The molecule has 0 saturated heterocycles. The van der Waals surface area contributed by atoms with E-state index in [1.54, 1.807) is 45.8 Å². The number of Topliss-reactive ketones (excluding diaryl/α,β-unsaturated/α-hetero) is 1. The van der Waals surface area contributed by atoms with E-state index < -0.39 is 0 Å². The molecule has 0 atom stereocenters. The summed E-state index contributed by atoms with van der Waals surface area (Å²) in [4.78, 5) is 15.4. The topological polar surface area (TPSA) is 79.6 Å². The van der Waals surface area contributed by atoms with E-state index in [0.29, 0.717) is 53.9 Å². The summed E-state index contributed by atoms with van der Waals surface area (Å²) in [6, 6.07) is 9.12. The van der Waals surface area contributed by atoms with E-state index >= 15 is 0 Å². The van der Waals surface area contributed by atoms with Crippen LogP contribution in [0.25, 0.3) is 6.08 Å². The largest absolute Gasteiger partial charge is 0.496 e. The van der Waals surface area contributed by atoms with Crippen LogP contribution in [0.5, 0.6) is 28.7 Å². The lowest BCUT2D eigenvalue weighted by Gasteiger charge is -2.29. The van der Waals surface area contributed by atoms with E-state index in [2.05, 4.69) is 4.90 Å². The van der Waals surface area contributed by atoms with Crippen LogP contribution in [0.1, 0.15) is 32.8 Å². The number of carbonyl (C=O) groups is 1. The minimum Gasteiger partial charge on any atom is -0.496 e. The van der Waals surface area contributed by atoms with E-state index in [-0.39, 0.29) is 11.5 Å². The third kappa shape index (κ3) is 3.76. The zero-order valence-electron chi connectivity index (χ0n) is 19.5. The van der Waals surface area contributed by atoms with E-state index in [1.165, 1.54) is 0 Å². The summed E-state index contributed by atoms with van der Waals surface area (Å²) in [7, 11) is 4.66. The highest BCUT2D eigenvalue weighted by atomic mass is 16.5. The van der Waals surface area contributed by atoms with Crippen LogP contribution in [0.15, 0.2) is 46.8 Å². The molecule has 34 heavy (non-hydrogen) atoms. The van der Waals surface area contributed by atoms with Crippen molar-refractivity contribution in [1.82, 2.24) is 4.90 Å². The van der Waals surface area contributed by atoms with Gasteiger partial charge in [0.05, 0.1) is 39.7 Å². The minimum absolute atomic E-state index is 0.194. The van der Waals surface area contributed by atoms with Gasteiger partial charge >= 0.3 is 0 Å².